The Balaban J connectivity index is 1.97. The van der Waals surface area contributed by atoms with Crippen LogP contribution in [0.2, 0.25) is 0 Å². The van der Waals surface area contributed by atoms with Crippen LogP contribution < -0.4 is 0 Å². The fourth-order valence-corrected chi connectivity index (χ4v) is 3.79. The maximum atomic E-state index is 5.07. The van der Waals surface area contributed by atoms with Crippen LogP contribution in [0.25, 0.3) is 21.7 Å². The van der Waals surface area contributed by atoms with Crippen molar-refractivity contribution < 1.29 is 0 Å². The van der Waals surface area contributed by atoms with Crippen molar-refractivity contribution in [3.63, 3.8) is 0 Å². The lowest BCUT2D eigenvalue weighted by molar-refractivity contribution is 0.584. The predicted molar refractivity (Wildman–Crippen MR) is 89.7 cm³/mol. The normalized spacial score (nSPS) is 17.1. The van der Waals surface area contributed by atoms with Crippen LogP contribution in [0.5, 0.6) is 0 Å². The van der Waals surface area contributed by atoms with Crippen molar-refractivity contribution in [1.29, 1.82) is 0 Å². The molecule has 0 amide bonds. The first-order valence-electron chi connectivity index (χ1n) is 8.21. The Morgan fingerprint density at radius 2 is 1.29 bits per heavy atom. The molecular weight excluding hydrogens is 254 g/mol. The van der Waals surface area contributed by atoms with E-state index in [1.807, 2.05) is 0 Å². The maximum absolute atomic E-state index is 5.07. The molecule has 2 aromatic carbocycles. The number of rotatable bonds is 1. The van der Waals surface area contributed by atoms with E-state index in [0.29, 0.717) is 5.92 Å². The number of fused-ring (bicyclic) bond motifs is 3. The van der Waals surface area contributed by atoms with Crippen molar-refractivity contribution in [3.8, 4) is 0 Å². The van der Waals surface area contributed by atoms with Crippen molar-refractivity contribution in [2.75, 3.05) is 0 Å². The Morgan fingerprint density at radius 1 is 0.667 bits per heavy atom. The molecule has 1 aliphatic rings. The van der Waals surface area contributed by atoms with E-state index in [9.17, 15) is 0 Å². The third-order valence-corrected chi connectivity index (χ3v) is 4.88. The molecule has 1 heteroatoms. The molecule has 0 saturated heterocycles. The van der Waals surface area contributed by atoms with Gasteiger partial charge in [0, 0.05) is 16.7 Å². The summed E-state index contributed by atoms with van der Waals surface area (Å²) >= 11 is 0. The van der Waals surface area contributed by atoms with Crippen LogP contribution in [0.1, 0.15) is 50.1 Å². The minimum Gasteiger partial charge on any atom is -0.252 e. The minimum absolute atomic E-state index is 0.641. The molecule has 0 spiro atoms. The number of aromatic nitrogens is 1. The second kappa shape index (κ2) is 5.48. The molecule has 0 aliphatic heterocycles. The highest BCUT2D eigenvalue weighted by Crippen LogP contribution is 2.36. The van der Waals surface area contributed by atoms with E-state index in [-0.39, 0.29) is 0 Å². The van der Waals surface area contributed by atoms with Gasteiger partial charge in [-0.1, -0.05) is 68.1 Å². The molecule has 4 rings (SSSR count). The third-order valence-electron chi connectivity index (χ3n) is 4.88. The van der Waals surface area contributed by atoms with Gasteiger partial charge in [0.05, 0.1) is 11.2 Å². The van der Waals surface area contributed by atoms with Crippen molar-refractivity contribution in [3.05, 3.63) is 54.2 Å². The van der Waals surface area contributed by atoms with Crippen LogP contribution in [0.4, 0.5) is 0 Å². The van der Waals surface area contributed by atoms with Gasteiger partial charge < -0.3 is 0 Å². The topological polar surface area (TPSA) is 12.9 Å². The summed E-state index contributed by atoms with van der Waals surface area (Å²) in [6.07, 6.45) is 8.09. The van der Waals surface area contributed by atoms with Crippen LogP contribution in [0, 0.1) is 0 Å². The SMILES string of the molecule is c1ccc2c(c1)nc(C1CCCCCC1)c1ccccc12. The summed E-state index contributed by atoms with van der Waals surface area (Å²) in [7, 11) is 0. The van der Waals surface area contributed by atoms with Gasteiger partial charge in [-0.2, -0.15) is 0 Å². The second-order valence-corrected chi connectivity index (χ2v) is 6.25. The van der Waals surface area contributed by atoms with Gasteiger partial charge in [0.2, 0.25) is 0 Å². The average Bonchev–Trinajstić information content (AvgIpc) is 2.83. The Morgan fingerprint density at radius 3 is 2.05 bits per heavy atom. The summed E-state index contributed by atoms with van der Waals surface area (Å²) in [4.78, 5) is 5.07. The van der Waals surface area contributed by atoms with E-state index < -0.39 is 0 Å². The van der Waals surface area contributed by atoms with E-state index >= 15 is 0 Å². The standard InChI is InChI=1S/C20H21N/c1-2-4-10-15(9-3-1)20-18-13-6-5-11-16(18)17-12-7-8-14-19(17)21-20/h5-8,11-15H,1-4,9-10H2. The number of pyridine rings is 1. The zero-order chi connectivity index (χ0) is 14.1. The average molecular weight is 275 g/mol. The largest absolute Gasteiger partial charge is 0.252 e. The molecule has 0 radical (unpaired) electrons. The predicted octanol–water partition coefficient (Wildman–Crippen LogP) is 5.83. The quantitative estimate of drug-likeness (QED) is 0.402. The minimum atomic E-state index is 0.641. The number of hydrogen-bond acceptors (Lipinski definition) is 1. The summed E-state index contributed by atoms with van der Waals surface area (Å²) in [5.41, 5.74) is 2.49. The summed E-state index contributed by atoms with van der Waals surface area (Å²) in [5.74, 6) is 0.641. The summed E-state index contributed by atoms with van der Waals surface area (Å²) < 4.78 is 0. The lowest BCUT2D eigenvalue weighted by Crippen LogP contribution is -2.02. The molecule has 1 fully saturated rings. The lowest BCUT2D eigenvalue weighted by atomic mass is 9.91. The maximum Gasteiger partial charge on any atom is 0.0711 e. The van der Waals surface area contributed by atoms with Crippen molar-refractivity contribution in [1.82, 2.24) is 4.98 Å². The number of para-hydroxylation sites is 1. The Hall–Kier alpha value is -1.89. The zero-order valence-corrected chi connectivity index (χ0v) is 12.4. The molecule has 1 heterocycles. The van der Waals surface area contributed by atoms with E-state index in [4.69, 9.17) is 4.98 Å². The number of benzene rings is 2. The van der Waals surface area contributed by atoms with E-state index in [0.717, 1.165) is 5.52 Å². The molecule has 1 saturated carbocycles. The lowest BCUT2D eigenvalue weighted by Gasteiger charge is -2.17. The van der Waals surface area contributed by atoms with Gasteiger partial charge in [-0.3, -0.25) is 4.98 Å². The molecule has 21 heavy (non-hydrogen) atoms. The molecule has 0 bridgehead atoms. The van der Waals surface area contributed by atoms with Gasteiger partial charge in [-0.15, -0.1) is 0 Å². The van der Waals surface area contributed by atoms with Crippen molar-refractivity contribution in [2.24, 2.45) is 0 Å². The van der Waals surface area contributed by atoms with E-state index in [2.05, 4.69) is 48.5 Å². The Bertz CT molecular complexity index is 767. The van der Waals surface area contributed by atoms with E-state index in [1.165, 1.54) is 60.4 Å². The highest BCUT2D eigenvalue weighted by molar-refractivity contribution is 6.06. The van der Waals surface area contributed by atoms with Gasteiger partial charge in [-0.25, -0.2) is 0 Å². The number of hydrogen-bond donors (Lipinski definition) is 0. The van der Waals surface area contributed by atoms with Crippen LogP contribution in [0.3, 0.4) is 0 Å². The second-order valence-electron chi connectivity index (χ2n) is 6.25. The fraction of sp³-hybridized carbons (Fsp3) is 0.350. The molecule has 0 atom stereocenters. The third kappa shape index (κ3) is 2.31. The Kier molecular flexibility index (Phi) is 3.34. The molecule has 106 valence electrons. The zero-order valence-electron chi connectivity index (χ0n) is 12.4. The highest BCUT2D eigenvalue weighted by Gasteiger charge is 2.19. The van der Waals surface area contributed by atoms with Crippen LogP contribution in [0.15, 0.2) is 48.5 Å². The van der Waals surface area contributed by atoms with Gasteiger partial charge in [0.1, 0.15) is 0 Å². The van der Waals surface area contributed by atoms with Crippen molar-refractivity contribution >= 4 is 21.7 Å². The van der Waals surface area contributed by atoms with Gasteiger partial charge in [-0.05, 0) is 24.3 Å². The molecule has 1 nitrogen and oxygen atoms in total. The first kappa shape index (κ1) is 12.8. The molecule has 0 N–H and O–H groups in total. The smallest absolute Gasteiger partial charge is 0.0711 e. The summed E-state index contributed by atoms with van der Waals surface area (Å²) in [5, 5.41) is 4.01. The van der Waals surface area contributed by atoms with Gasteiger partial charge in [0.15, 0.2) is 0 Å². The highest BCUT2D eigenvalue weighted by atomic mass is 14.7. The summed E-state index contributed by atoms with van der Waals surface area (Å²) in [6.45, 7) is 0. The van der Waals surface area contributed by atoms with Gasteiger partial charge >= 0.3 is 0 Å². The first-order chi connectivity index (χ1) is 10.4. The fourth-order valence-electron chi connectivity index (χ4n) is 3.79. The van der Waals surface area contributed by atoms with E-state index in [1.54, 1.807) is 0 Å². The van der Waals surface area contributed by atoms with Crippen LogP contribution >= 0.6 is 0 Å². The van der Waals surface area contributed by atoms with Crippen LogP contribution in [-0.2, 0) is 0 Å². The molecular formula is C20H21N. The van der Waals surface area contributed by atoms with Crippen molar-refractivity contribution in [2.45, 2.75) is 44.4 Å². The summed E-state index contributed by atoms with van der Waals surface area (Å²) in [6, 6.07) is 17.4. The molecule has 0 unspecified atom stereocenters. The first-order valence-corrected chi connectivity index (χ1v) is 8.21. The molecule has 1 aliphatic carbocycles. The van der Waals surface area contributed by atoms with Crippen LogP contribution in [-0.4, -0.2) is 4.98 Å². The Labute approximate surface area is 126 Å². The molecule has 3 aromatic rings. The number of nitrogens with zero attached hydrogens (tertiary/aromatic N) is 1. The van der Waals surface area contributed by atoms with Gasteiger partial charge in [0.25, 0.3) is 0 Å². The monoisotopic (exact) mass is 275 g/mol. The molecule has 1 aromatic heterocycles.